The molecule has 0 bridgehead atoms. The highest BCUT2D eigenvalue weighted by molar-refractivity contribution is 7.88. The molecule has 24 heavy (non-hydrogen) atoms. The highest BCUT2D eigenvalue weighted by atomic mass is 32.2. The van der Waals surface area contributed by atoms with Crippen molar-refractivity contribution in [3.63, 3.8) is 0 Å². The second kappa shape index (κ2) is 7.89. The van der Waals surface area contributed by atoms with Crippen LogP contribution in [0.2, 0.25) is 0 Å². The number of nitrogens with one attached hydrogen (secondary N) is 3. The Morgan fingerprint density at radius 2 is 1.92 bits per heavy atom. The minimum Gasteiger partial charge on any atom is -0.355 e. The lowest BCUT2D eigenvalue weighted by Crippen LogP contribution is -2.53. The van der Waals surface area contributed by atoms with Crippen molar-refractivity contribution in [2.45, 2.75) is 32.4 Å². The molecule has 1 aromatic carbocycles. The van der Waals surface area contributed by atoms with Crippen LogP contribution in [0.3, 0.4) is 0 Å². The number of guanidine groups is 1. The van der Waals surface area contributed by atoms with Crippen LogP contribution in [0.4, 0.5) is 8.78 Å². The predicted octanol–water partition coefficient (Wildman–Crippen LogP) is 1.52. The Bertz CT molecular complexity index is 705. The normalized spacial score (nSPS) is 14.4. The predicted molar refractivity (Wildman–Crippen MR) is 91.3 cm³/mol. The maximum absolute atomic E-state index is 13.3. The van der Waals surface area contributed by atoms with Crippen LogP contribution in [0, 0.1) is 11.6 Å². The third kappa shape index (κ3) is 6.79. The van der Waals surface area contributed by atoms with Crippen LogP contribution in [0.15, 0.2) is 23.2 Å². The quantitative estimate of drug-likeness (QED) is 0.529. The van der Waals surface area contributed by atoms with E-state index in [9.17, 15) is 17.2 Å². The topological polar surface area (TPSA) is 82.6 Å². The number of halogens is 2. The molecule has 0 amide bonds. The van der Waals surface area contributed by atoms with E-state index in [1.54, 1.807) is 27.8 Å². The number of benzene rings is 1. The zero-order chi connectivity index (χ0) is 18.5. The number of rotatable bonds is 6. The largest absolute Gasteiger partial charge is 0.355 e. The highest BCUT2D eigenvalue weighted by Crippen LogP contribution is 2.15. The van der Waals surface area contributed by atoms with Crippen molar-refractivity contribution in [1.82, 2.24) is 15.4 Å². The molecule has 0 fully saturated rings. The van der Waals surface area contributed by atoms with Crippen molar-refractivity contribution in [3.05, 3.63) is 35.4 Å². The second-order valence-electron chi connectivity index (χ2n) is 6.22. The van der Waals surface area contributed by atoms with E-state index in [-0.39, 0.29) is 12.6 Å². The summed E-state index contributed by atoms with van der Waals surface area (Å²) in [4.78, 5) is 4.04. The van der Waals surface area contributed by atoms with E-state index in [4.69, 9.17) is 0 Å². The van der Waals surface area contributed by atoms with Crippen LogP contribution in [0.25, 0.3) is 0 Å². The van der Waals surface area contributed by atoms with E-state index in [0.717, 1.165) is 18.4 Å². The van der Waals surface area contributed by atoms with Gasteiger partial charge in [0, 0.05) is 19.1 Å². The molecule has 1 rings (SSSR count). The van der Waals surface area contributed by atoms with Gasteiger partial charge in [-0.2, -0.15) is 0 Å². The summed E-state index contributed by atoms with van der Waals surface area (Å²) in [6.45, 7) is 5.52. The summed E-state index contributed by atoms with van der Waals surface area (Å²) in [6.07, 6.45) is 1.09. The molecule has 0 aromatic heterocycles. The zero-order valence-electron chi connectivity index (χ0n) is 14.4. The van der Waals surface area contributed by atoms with Gasteiger partial charge in [0.25, 0.3) is 0 Å². The van der Waals surface area contributed by atoms with E-state index in [0.29, 0.717) is 11.5 Å². The summed E-state index contributed by atoms with van der Waals surface area (Å²) in [5.74, 6) is -1.40. The lowest BCUT2D eigenvalue weighted by molar-refractivity contribution is 0.445. The maximum atomic E-state index is 13.3. The van der Waals surface area contributed by atoms with Gasteiger partial charge in [-0.15, -0.1) is 0 Å². The Morgan fingerprint density at radius 1 is 1.29 bits per heavy atom. The smallest absolute Gasteiger partial charge is 0.209 e. The first-order valence-corrected chi connectivity index (χ1v) is 9.24. The summed E-state index contributed by atoms with van der Waals surface area (Å²) in [5, 5.41) is 6.04. The van der Waals surface area contributed by atoms with E-state index < -0.39 is 27.2 Å². The summed E-state index contributed by atoms with van der Waals surface area (Å²) < 4.78 is 51.5. The van der Waals surface area contributed by atoms with Crippen LogP contribution < -0.4 is 15.4 Å². The van der Waals surface area contributed by atoms with E-state index >= 15 is 0 Å². The molecule has 0 aliphatic carbocycles. The third-order valence-electron chi connectivity index (χ3n) is 3.18. The summed E-state index contributed by atoms with van der Waals surface area (Å²) in [7, 11) is -1.78. The Balaban J connectivity index is 2.69. The monoisotopic (exact) mass is 362 g/mol. The van der Waals surface area contributed by atoms with E-state index in [1.165, 1.54) is 6.07 Å². The van der Waals surface area contributed by atoms with Crippen LogP contribution >= 0.6 is 0 Å². The molecule has 136 valence electrons. The van der Waals surface area contributed by atoms with Gasteiger partial charge in [-0.05, 0) is 38.5 Å². The SMILES string of the molecule is CN=C(NCC(C)(C)NS(C)(=O)=O)NC(C)c1ccc(F)c(F)c1. The van der Waals surface area contributed by atoms with Crippen LogP contribution in [-0.4, -0.2) is 39.8 Å². The molecule has 3 N–H and O–H groups in total. The van der Waals surface area contributed by atoms with Gasteiger partial charge in [-0.3, -0.25) is 4.99 Å². The van der Waals surface area contributed by atoms with Gasteiger partial charge >= 0.3 is 0 Å². The zero-order valence-corrected chi connectivity index (χ0v) is 15.3. The Hall–Kier alpha value is -1.74. The fraction of sp³-hybridized carbons (Fsp3) is 0.533. The Morgan fingerprint density at radius 3 is 2.42 bits per heavy atom. The molecule has 0 spiro atoms. The molecule has 0 radical (unpaired) electrons. The number of hydrogen-bond acceptors (Lipinski definition) is 3. The standard InChI is InChI=1S/C15H24F2N4O2S/c1-10(11-6-7-12(16)13(17)8-11)20-14(18-4)19-9-15(2,3)21-24(5,22)23/h6-8,10,21H,9H2,1-5H3,(H2,18,19,20). The maximum Gasteiger partial charge on any atom is 0.209 e. The molecule has 9 heteroatoms. The molecule has 0 aliphatic heterocycles. The van der Waals surface area contributed by atoms with Gasteiger partial charge in [-0.25, -0.2) is 21.9 Å². The molecule has 1 unspecified atom stereocenters. The van der Waals surface area contributed by atoms with Crippen molar-refractivity contribution in [2.75, 3.05) is 19.8 Å². The first-order valence-electron chi connectivity index (χ1n) is 7.34. The Kier molecular flexibility index (Phi) is 6.67. The van der Waals surface area contributed by atoms with Crippen molar-refractivity contribution >= 4 is 16.0 Å². The lowest BCUT2D eigenvalue weighted by Gasteiger charge is -2.27. The van der Waals surface area contributed by atoms with Crippen LogP contribution in [0.1, 0.15) is 32.4 Å². The number of hydrogen-bond donors (Lipinski definition) is 3. The summed E-state index contributed by atoms with van der Waals surface area (Å²) in [5.41, 5.74) is -0.165. The van der Waals surface area contributed by atoms with Crippen molar-refractivity contribution < 1.29 is 17.2 Å². The van der Waals surface area contributed by atoms with Gasteiger partial charge in [-0.1, -0.05) is 6.07 Å². The fourth-order valence-electron chi connectivity index (χ4n) is 2.11. The van der Waals surface area contributed by atoms with Crippen molar-refractivity contribution in [1.29, 1.82) is 0 Å². The Labute approximate surface area is 141 Å². The number of sulfonamides is 1. The molecular formula is C15H24F2N4O2S. The summed E-state index contributed by atoms with van der Waals surface area (Å²) >= 11 is 0. The summed E-state index contributed by atoms with van der Waals surface area (Å²) in [6, 6.07) is 3.35. The minimum atomic E-state index is -3.34. The average molecular weight is 362 g/mol. The van der Waals surface area contributed by atoms with Gasteiger partial charge < -0.3 is 10.6 Å². The number of nitrogens with zero attached hydrogens (tertiary/aromatic N) is 1. The average Bonchev–Trinajstić information content (AvgIpc) is 2.43. The fourth-order valence-corrected chi connectivity index (χ4v) is 3.18. The van der Waals surface area contributed by atoms with Gasteiger partial charge in [0.1, 0.15) is 0 Å². The van der Waals surface area contributed by atoms with Gasteiger partial charge in [0.05, 0.1) is 12.3 Å². The molecule has 0 heterocycles. The van der Waals surface area contributed by atoms with Gasteiger partial charge in [0.2, 0.25) is 10.0 Å². The third-order valence-corrected chi connectivity index (χ3v) is 4.10. The highest BCUT2D eigenvalue weighted by Gasteiger charge is 2.22. The molecule has 0 aliphatic rings. The minimum absolute atomic E-state index is 0.282. The number of aliphatic imine (C=N–C) groups is 1. The van der Waals surface area contributed by atoms with Gasteiger partial charge in [0.15, 0.2) is 17.6 Å². The van der Waals surface area contributed by atoms with Crippen molar-refractivity contribution in [2.24, 2.45) is 4.99 Å². The molecule has 0 saturated carbocycles. The molecule has 1 aromatic rings. The van der Waals surface area contributed by atoms with Crippen LogP contribution in [0.5, 0.6) is 0 Å². The van der Waals surface area contributed by atoms with E-state index in [1.807, 2.05) is 0 Å². The molecule has 0 saturated heterocycles. The molecule has 1 atom stereocenters. The van der Waals surface area contributed by atoms with E-state index in [2.05, 4.69) is 20.3 Å². The molecule has 6 nitrogen and oxygen atoms in total. The first kappa shape index (κ1) is 20.3. The lowest BCUT2D eigenvalue weighted by atomic mass is 10.1. The van der Waals surface area contributed by atoms with Crippen LogP contribution in [-0.2, 0) is 10.0 Å². The van der Waals surface area contributed by atoms with Crippen molar-refractivity contribution in [3.8, 4) is 0 Å². The first-order chi connectivity index (χ1) is 10.9. The second-order valence-corrected chi connectivity index (χ2v) is 7.97. The molecular weight excluding hydrogens is 338 g/mol.